The molecule has 0 saturated heterocycles. The van der Waals surface area contributed by atoms with Crippen molar-refractivity contribution in [2.24, 2.45) is 7.05 Å². The fraction of sp³-hybridized carbons (Fsp3) is 0.435. The van der Waals surface area contributed by atoms with Gasteiger partial charge in [-0.3, -0.25) is 0 Å². The molecule has 0 saturated carbocycles. The molecule has 27 heavy (non-hydrogen) atoms. The van der Waals surface area contributed by atoms with Crippen molar-refractivity contribution in [1.29, 1.82) is 0 Å². The number of imidazole rings is 1. The second-order valence-corrected chi connectivity index (χ2v) is 7.83. The van der Waals surface area contributed by atoms with Crippen molar-refractivity contribution in [2.75, 3.05) is 16.8 Å². The largest absolute Gasteiger partial charge is 0.367 e. The molecule has 0 aliphatic carbocycles. The molecule has 0 fully saturated rings. The van der Waals surface area contributed by atoms with E-state index in [4.69, 9.17) is 4.98 Å². The summed E-state index contributed by atoms with van der Waals surface area (Å²) in [5.41, 5.74) is 8.39. The van der Waals surface area contributed by atoms with E-state index in [0.29, 0.717) is 6.04 Å². The Kier molecular flexibility index (Phi) is 5.45. The molecule has 0 aliphatic rings. The summed E-state index contributed by atoms with van der Waals surface area (Å²) < 4.78 is 2.19. The van der Waals surface area contributed by atoms with Crippen LogP contribution in [0, 0.1) is 20.8 Å². The van der Waals surface area contributed by atoms with E-state index in [1.54, 1.807) is 0 Å². The Morgan fingerprint density at radius 3 is 2.37 bits per heavy atom. The molecule has 2 aromatic carbocycles. The van der Waals surface area contributed by atoms with Crippen LogP contribution in [0.15, 0.2) is 30.3 Å². The van der Waals surface area contributed by atoms with Crippen molar-refractivity contribution in [2.45, 2.75) is 54.0 Å². The van der Waals surface area contributed by atoms with E-state index in [1.807, 2.05) is 0 Å². The van der Waals surface area contributed by atoms with Gasteiger partial charge in [0.25, 0.3) is 0 Å². The lowest BCUT2D eigenvalue weighted by atomic mass is 10.1. The quantitative estimate of drug-likeness (QED) is 0.594. The summed E-state index contributed by atoms with van der Waals surface area (Å²) in [6.45, 7) is 14.2. The second kappa shape index (κ2) is 7.63. The van der Waals surface area contributed by atoms with E-state index in [0.717, 1.165) is 30.1 Å². The van der Waals surface area contributed by atoms with Gasteiger partial charge >= 0.3 is 0 Å². The molecule has 3 aromatic rings. The van der Waals surface area contributed by atoms with Crippen LogP contribution in [0.3, 0.4) is 0 Å². The van der Waals surface area contributed by atoms with E-state index >= 15 is 0 Å². The third-order valence-corrected chi connectivity index (χ3v) is 5.18. The summed E-state index contributed by atoms with van der Waals surface area (Å²) in [5, 5.41) is 3.59. The molecule has 4 nitrogen and oxygen atoms in total. The highest BCUT2D eigenvalue weighted by Gasteiger charge is 2.18. The SMILES string of the molecule is CCCN(c1cccc2nc(Nc3c(C)cc(C)cc3C)n(C)c12)C(C)C. The summed E-state index contributed by atoms with van der Waals surface area (Å²) in [7, 11) is 2.10. The topological polar surface area (TPSA) is 33.1 Å². The fourth-order valence-electron chi connectivity index (χ4n) is 3.98. The number of anilines is 3. The number of nitrogens with zero attached hydrogens (tertiary/aromatic N) is 3. The average molecular weight is 365 g/mol. The molecule has 0 spiro atoms. The normalized spacial score (nSPS) is 11.4. The van der Waals surface area contributed by atoms with Crippen molar-refractivity contribution >= 4 is 28.4 Å². The Morgan fingerprint density at radius 2 is 1.78 bits per heavy atom. The van der Waals surface area contributed by atoms with Crippen molar-refractivity contribution in [3.63, 3.8) is 0 Å². The summed E-state index contributed by atoms with van der Waals surface area (Å²) in [6, 6.07) is 11.3. The lowest BCUT2D eigenvalue weighted by Gasteiger charge is -2.29. The predicted octanol–water partition coefficient (Wildman–Crippen LogP) is 5.87. The first-order valence-electron chi connectivity index (χ1n) is 9.90. The highest BCUT2D eigenvalue weighted by atomic mass is 15.2. The summed E-state index contributed by atoms with van der Waals surface area (Å²) in [6.07, 6.45) is 1.12. The van der Waals surface area contributed by atoms with Gasteiger partial charge in [0.05, 0.1) is 16.7 Å². The first kappa shape index (κ1) is 19.3. The molecule has 0 amide bonds. The molecule has 1 heterocycles. The Morgan fingerprint density at radius 1 is 1.11 bits per heavy atom. The zero-order valence-electron chi connectivity index (χ0n) is 17.7. The number of para-hydroxylation sites is 1. The van der Waals surface area contributed by atoms with Crippen LogP contribution in [-0.2, 0) is 7.05 Å². The third kappa shape index (κ3) is 3.66. The smallest absolute Gasteiger partial charge is 0.208 e. The molecular formula is C23H32N4. The number of rotatable bonds is 6. The fourth-order valence-corrected chi connectivity index (χ4v) is 3.98. The van der Waals surface area contributed by atoms with E-state index in [9.17, 15) is 0 Å². The van der Waals surface area contributed by atoms with Crippen LogP contribution in [0.4, 0.5) is 17.3 Å². The maximum Gasteiger partial charge on any atom is 0.208 e. The Hall–Kier alpha value is -2.49. The standard InChI is InChI=1S/C23H32N4/c1-8-12-27(15(2)3)20-11-9-10-19-22(20)26(7)23(24-19)25-21-17(5)13-16(4)14-18(21)6/h9-11,13-15H,8,12H2,1-7H3,(H,24,25). The first-order valence-corrected chi connectivity index (χ1v) is 9.90. The highest BCUT2D eigenvalue weighted by molar-refractivity contribution is 5.92. The van der Waals surface area contributed by atoms with Gasteiger partial charge in [0.2, 0.25) is 5.95 Å². The first-order chi connectivity index (χ1) is 12.8. The molecule has 0 aliphatic heterocycles. The summed E-state index contributed by atoms with van der Waals surface area (Å²) in [4.78, 5) is 7.37. The Balaban J connectivity index is 2.10. The van der Waals surface area contributed by atoms with E-state index < -0.39 is 0 Å². The maximum absolute atomic E-state index is 4.90. The molecule has 0 atom stereocenters. The minimum atomic E-state index is 0.448. The predicted molar refractivity (Wildman–Crippen MR) is 117 cm³/mol. The van der Waals surface area contributed by atoms with E-state index in [2.05, 4.69) is 93.7 Å². The minimum absolute atomic E-state index is 0.448. The lowest BCUT2D eigenvalue weighted by molar-refractivity contribution is 0.672. The van der Waals surface area contributed by atoms with Gasteiger partial charge < -0.3 is 14.8 Å². The van der Waals surface area contributed by atoms with E-state index in [-0.39, 0.29) is 0 Å². The van der Waals surface area contributed by atoms with Crippen LogP contribution in [0.2, 0.25) is 0 Å². The number of aryl methyl sites for hydroxylation is 4. The average Bonchev–Trinajstić information content (AvgIpc) is 2.92. The summed E-state index contributed by atoms with van der Waals surface area (Å²) in [5.74, 6) is 0.882. The van der Waals surface area contributed by atoms with Crippen LogP contribution in [-0.4, -0.2) is 22.1 Å². The van der Waals surface area contributed by atoms with Gasteiger partial charge in [-0.25, -0.2) is 4.98 Å². The number of nitrogens with one attached hydrogen (secondary N) is 1. The minimum Gasteiger partial charge on any atom is -0.367 e. The molecule has 3 rings (SSSR count). The van der Waals surface area contributed by atoms with E-state index in [1.165, 1.54) is 27.9 Å². The highest BCUT2D eigenvalue weighted by Crippen LogP contribution is 2.32. The van der Waals surface area contributed by atoms with Gasteiger partial charge in [-0.05, 0) is 64.3 Å². The lowest BCUT2D eigenvalue weighted by Crippen LogP contribution is -2.31. The van der Waals surface area contributed by atoms with Crippen LogP contribution < -0.4 is 10.2 Å². The molecule has 4 heteroatoms. The van der Waals surface area contributed by atoms with Gasteiger partial charge in [-0.15, -0.1) is 0 Å². The van der Waals surface area contributed by atoms with Crippen molar-refractivity contribution in [3.05, 3.63) is 47.0 Å². The van der Waals surface area contributed by atoms with Gasteiger partial charge in [0, 0.05) is 25.3 Å². The Labute approximate surface area is 163 Å². The maximum atomic E-state index is 4.90. The van der Waals surface area contributed by atoms with Crippen molar-refractivity contribution in [1.82, 2.24) is 9.55 Å². The second-order valence-electron chi connectivity index (χ2n) is 7.83. The number of aromatic nitrogens is 2. The third-order valence-electron chi connectivity index (χ3n) is 5.18. The van der Waals surface area contributed by atoms with Crippen LogP contribution in [0.5, 0.6) is 0 Å². The van der Waals surface area contributed by atoms with Crippen LogP contribution >= 0.6 is 0 Å². The Bertz CT molecular complexity index is 929. The number of hydrogen-bond donors (Lipinski definition) is 1. The number of fused-ring (bicyclic) bond motifs is 1. The molecular weight excluding hydrogens is 332 g/mol. The zero-order valence-corrected chi connectivity index (χ0v) is 17.7. The van der Waals surface area contributed by atoms with Gasteiger partial charge in [0.15, 0.2) is 0 Å². The molecule has 1 aromatic heterocycles. The molecule has 0 bridgehead atoms. The van der Waals surface area contributed by atoms with Gasteiger partial charge in [-0.2, -0.15) is 0 Å². The molecule has 0 radical (unpaired) electrons. The molecule has 0 unspecified atom stereocenters. The number of benzene rings is 2. The summed E-state index contributed by atoms with van der Waals surface area (Å²) >= 11 is 0. The van der Waals surface area contributed by atoms with Crippen LogP contribution in [0.1, 0.15) is 43.9 Å². The van der Waals surface area contributed by atoms with Crippen molar-refractivity contribution in [3.8, 4) is 0 Å². The molecule has 144 valence electrons. The monoisotopic (exact) mass is 364 g/mol. The zero-order chi connectivity index (χ0) is 19.7. The van der Waals surface area contributed by atoms with Crippen LogP contribution in [0.25, 0.3) is 11.0 Å². The van der Waals surface area contributed by atoms with Gasteiger partial charge in [0.1, 0.15) is 0 Å². The number of hydrogen-bond acceptors (Lipinski definition) is 3. The molecule has 1 N–H and O–H groups in total. The van der Waals surface area contributed by atoms with Crippen molar-refractivity contribution < 1.29 is 0 Å². The van der Waals surface area contributed by atoms with Gasteiger partial charge in [-0.1, -0.05) is 30.7 Å².